The molecule has 2 aromatic heterocycles. The molecule has 0 fully saturated rings. The molecule has 0 spiro atoms. The maximum Gasteiger partial charge on any atom is 0.408 e. The van der Waals surface area contributed by atoms with Crippen LogP contribution < -0.4 is 4.72 Å². The molecule has 0 atom stereocenters. The van der Waals surface area contributed by atoms with Crippen LogP contribution in [0.1, 0.15) is 10.5 Å². The summed E-state index contributed by atoms with van der Waals surface area (Å²) in [7, 11) is -3.08. The fraction of sp³-hybridized carbons (Fsp3) is 0.273. The highest BCUT2D eigenvalue weighted by Crippen LogP contribution is 2.22. The van der Waals surface area contributed by atoms with Gasteiger partial charge in [0.2, 0.25) is 0 Å². The van der Waals surface area contributed by atoms with Gasteiger partial charge in [0.15, 0.2) is 0 Å². The Labute approximate surface area is 128 Å². The zero-order chi connectivity index (χ0) is 17.3. The first kappa shape index (κ1) is 16.9. The highest BCUT2D eigenvalue weighted by molar-refractivity contribution is 7.92. The maximum absolute atomic E-state index is 12.4. The Kier molecular flexibility index (Phi) is 4.36. The number of rotatable bonds is 5. The number of carbonyl (C=O) groups excluding carboxylic acids is 1. The van der Waals surface area contributed by atoms with Crippen molar-refractivity contribution in [2.45, 2.75) is 17.6 Å². The number of esters is 1. The van der Waals surface area contributed by atoms with Gasteiger partial charge in [0.25, 0.3) is 10.0 Å². The molecule has 2 N–H and O–H groups in total. The molecule has 12 heteroatoms. The van der Waals surface area contributed by atoms with Gasteiger partial charge in [0, 0.05) is 12.3 Å². The smallest absolute Gasteiger partial charge is 0.408 e. The van der Waals surface area contributed by atoms with Crippen molar-refractivity contribution >= 4 is 21.8 Å². The van der Waals surface area contributed by atoms with E-state index in [4.69, 9.17) is 0 Å². The summed E-state index contributed by atoms with van der Waals surface area (Å²) < 4.78 is 68.3. The van der Waals surface area contributed by atoms with Gasteiger partial charge in [-0.2, -0.15) is 18.3 Å². The number of aromatic nitrogens is 3. The van der Waals surface area contributed by atoms with E-state index in [0.717, 1.165) is 31.6 Å². The first-order chi connectivity index (χ1) is 10.6. The van der Waals surface area contributed by atoms with Gasteiger partial charge >= 0.3 is 12.1 Å². The van der Waals surface area contributed by atoms with Crippen LogP contribution in [0.4, 0.5) is 19.0 Å². The summed E-state index contributed by atoms with van der Waals surface area (Å²) in [5.74, 6) is -1.14. The number of H-pyrrole nitrogens is 1. The third-order valence-electron chi connectivity index (χ3n) is 2.66. The van der Waals surface area contributed by atoms with Crippen LogP contribution in [0, 0.1) is 0 Å². The Morgan fingerprint density at radius 2 is 2.17 bits per heavy atom. The number of ether oxygens (including phenoxy) is 1. The molecule has 126 valence electrons. The van der Waals surface area contributed by atoms with Gasteiger partial charge < -0.3 is 9.72 Å². The molecule has 0 radical (unpaired) electrons. The molecule has 0 aliphatic carbocycles. The predicted octanol–water partition coefficient (Wildman–Crippen LogP) is 1.36. The monoisotopic (exact) mass is 352 g/mol. The SMILES string of the molecule is COC(=O)c1cc(S(=O)(=O)Nc2ccnn2CC(F)(F)F)c[nH]1. The van der Waals surface area contributed by atoms with Gasteiger partial charge in [-0.1, -0.05) is 0 Å². The minimum absolute atomic E-state index is 0.114. The number of aromatic amines is 1. The molecule has 0 bridgehead atoms. The number of alkyl halides is 3. The summed E-state index contributed by atoms with van der Waals surface area (Å²) in [4.78, 5) is 13.3. The topological polar surface area (TPSA) is 106 Å². The summed E-state index contributed by atoms with van der Waals surface area (Å²) in [5.41, 5.74) is -0.114. The van der Waals surface area contributed by atoms with Crippen LogP contribution in [0.25, 0.3) is 0 Å². The average molecular weight is 352 g/mol. The van der Waals surface area contributed by atoms with E-state index in [1.165, 1.54) is 0 Å². The van der Waals surface area contributed by atoms with Gasteiger partial charge in [-0.25, -0.2) is 17.9 Å². The molecule has 0 amide bonds. The van der Waals surface area contributed by atoms with Crippen molar-refractivity contribution in [3.05, 3.63) is 30.2 Å². The number of hydrogen-bond acceptors (Lipinski definition) is 5. The lowest BCUT2D eigenvalue weighted by atomic mass is 10.4. The van der Waals surface area contributed by atoms with Gasteiger partial charge in [0.05, 0.1) is 13.3 Å². The molecule has 0 aliphatic heterocycles. The van der Waals surface area contributed by atoms with Crippen molar-refractivity contribution in [1.82, 2.24) is 14.8 Å². The molecule has 0 saturated carbocycles. The Hall–Kier alpha value is -2.50. The van der Waals surface area contributed by atoms with Crippen molar-refractivity contribution < 1.29 is 31.1 Å². The van der Waals surface area contributed by atoms with E-state index in [-0.39, 0.29) is 16.4 Å². The highest BCUT2D eigenvalue weighted by atomic mass is 32.2. The molecule has 2 heterocycles. The summed E-state index contributed by atoms with van der Waals surface area (Å²) in [6.45, 7) is -1.45. The number of anilines is 1. The zero-order valence-electron chi connectivity index (χ0n) is 11.6. The lowest BCUT2D eigenvalue weighted by molar-refractivity contribution is -0.142. The molecule has 0 aromatic carbocycles. The normalized spacial score (nSPS) is 12.2. The fourth-order valence-corrected chi connectivity index (χ4v) is 2.72. The minimum Gasteiger partial charge on any atom is -0.464 e. The Morgan fingerprint density at radius 1 is 1.48 bits per heavy atom. The molecular weight excluding hydrogens is 341 g/mol. The number of methoxy groups -OCH3 is 1. The number of halogens is 3. The van der Waals surface area contributed by atoms with Crippen molar-refractivity contribution in [2.75, 3.05) is 11.8 Å². The molecule has 2 aromatic rings. The number of nitrogens with zero attached hydrogens (tertiary/aromatic N) is 2. The third kappa shape index (κ3) is 4.03. The van der Waals surface area contributed by atoms with Crippen LogP contribution >= 0.6 is 0 Å². The summed E-state index contributed by atoms with van der Waals surface area (Å²) in [5, 5.41) is 3.41. The highest BCUT2D eigenvalue weighted by Gasteiger charge is 2.30. The molecule has 0 aliphatic rings. The van der Waals surface area contributed by atoms with E-state index in [0.29, 0.717) is 4.68 Å². The average Bonchev–Trinajstić information content (AvgIpc) is 3.06. The Morgan fingerprint density at radius 3 is 2.78 bits per heavy atom. The second kappa shape index (κ2) is 5.95. The van der Waals surface area contributed by atoms with E-state index < -0.39 is 28.7 Å². The zero-order valence-corrected chi connectivity index (χ0v) is 12.4. The van der Waals surface area contributed by atoms with Crippen LogP contribution in [-0.2, 0) is 21.3 Å². The molecule has 0 saturated heterocycles. The van der Waals surface area contributed by atoms with Crippen molar-refractivity contribution in [1.29, 1.82) is 0 Å². The van der Waals surface area contributed by atoms with Gasteiger partial charge in [-0.05, 0) is 6.07 Å². The minimum atomic E-state index is -4.56. The number of carbonyl (C=O) groups is 1. The number of hydrogen-bond donors (Lipinski definition) is 2. The Balaban J connectivity index is 2.24. The molecular formula is C11H11F3N4O4S. The number of sulfonamides is 1. The van der Waals surface area contributed by atoms with E-state index in [1.54, 1.807) is 0 Å². The van der Waals surface area contributed by atoms with Gasteiger partial charge in [-0.15, -0.1) is 0 Å². The van der Waals surface area contributed by atoms with Crippen molar-refractivity contribution in [3.8, 4) is 0 Å². The fourth-order valence-electron chi connectivity index (χ4n) is 1.67. The van der Waals surface area contributed by atoms with E-state index in [2.05, 4.69) is 14.8 Å². The van der Waals surface area contributed by atoms with Crippen LogP contribution in [0.15, 0.2) is 29.4 Å². The second-order valence-corrected chi connectivity index (χ2v) is 6.02. The third-order valence-corrected chi connectivity index (χ3v) is 3.99. The first-order valence-corrected chi connectivity index (χ1v) is 7.49. The maximum atomic E-state index is 12.4. The van der Waals surface area contributed by atoms with Crippen molar-refractivity contribution in [2.24, 2.45) is 0 Å². The summed E-state index contributed by atoms with van der Waals surface area (Å²) in [6.07, 6.45) is -2.52. The van der Waals surface area contributed by atoms with Crippen molar-refractivity contribution in [3.63, 3.8) is 0 Å². The predicted molar refractivity (Wildman–Crippen MR) is 71.2 cm³/mol. The Bertz CT molecular complexity index is 809. The van der Waals surface area contributed by atoms with Crippen LogP contribution in [-0.4, -0.2) is 42.4 Å². The van der Waals surface area contributed by atoms with Crippen LogP contribution in [0.3, 0.4) is 0 Å². The van der Waals surface area contributed by atoms with E-state index >= 15 is 0 Å². The number of nitrogens with one attached hydrogen (secondary N) is 2. The van der Waals surface area contributed by atoms with Crippen LogP contribution in [0.2, 0.25) is 0 Å². The molecule has 23 heavy (non-hydrogen) atoms. The lowest BCUT2D eigenvalue weighted by Crippen LogP contribution is -2.22. The quantitative estimate of drug-likeness (QED) is 0.791. The molecule has 0 unspecified atom stereocenters. The summed E-state index contributed by atoms with van der Waals surface area (Å²) >= 11 is 0. The molecule has 8 nitrogen and oxygen atoms in total. The summed E-state index contributed by atoms with van der Waals surface area (Å²) in [6, 6.07) is 2.08. The molecule has 2 rings (SSSR count). The van der Waals surface area contributed by atoms with Crippen LogP contribution in [0.5, 0.6) is 0 Å². The van der Waals surface area contributed by atoms with Gasteiger partial charge in [-0.3, -0.25) is 4.72 Å². The van der Waals surface area contributed by atoms with E-state index in [9.17, 15) is 26.4 Å². The first-order valence-electron chi connectivity index (χ1n) is 6.00. The van der Waals surface area contributed by atoms with E-state index in [1.807, 2.05) is 4.72 Å². The second-order valence-electron chi connectivity index (χ2n) is 4.34. The largest absolute Gasteiger partial charge is 0.464 e. The standard InChI is InChI=1S/C11H11F3N4O4S/c1-22-10(19)8-4-7(5-15-8)23(20,21)17-9-2-3-16-18(9)6-11(12,13)14/h2-5,15,17H,6H2,1H3. The lowest BCUT2D eigenvalue weighted by Gasteiger charge is -2.11. The van der Waals surface area contributed by atoms with Gasteiger partial charge in [0.1, 0.15) is 23.0 Å².